The predicted molar refractivity (Wildman–Crippen MR) is 46.1 cm³/mol. The highest BCUT2D eigenvalue weighted by Crippen LogP contribution is 2.58. The molecule has 0 aliphatic carbocycles. The molecule has 2 bridgehead atoms. The third-order valence-electron chi connectivity index (χ3n) is 3.75. The molecule has 3 aliphatic rings. The van der Waals surface area contributed by atoms with E-state index in [-0.39, 0.29) is 0 Å². The van der Waals surface area contributed by atoms with Gasteiger partial charge in [-0.05, 0) is 13.8 Å². The van der Waals surface area contributed by atoms with E-state index in [9.17, 15) is 13.5 Å². The largest absolute Gasteiger partial charge is 0.387 e. The lowest BCUT2D eigenvalue weighted by atomic mass is 9.79. The Balaban J connectivity index is 2.21. The van der Waals surface area contributed by atoms with E-state index in [0.29, 0.717) is 6.42 Å². The molecule has 0 aromatic carbocycles. The summed E-state index contributed by atoms with van der Waals surface area (Å²) in [6.45, 7) is 3.44. The second-order valence-electron chi connectivity index (χ2n) is 4.75. The van der Waals surface area contributed by atoms with Gasteiger partial charge in [-0.25, -0.2) is 0 Å². The van der Waals surface area contributed by atoms with Crippen molar-refractivity contribution in [2.24, 2.45) is 0 Å². The van der Waals surface area contributed by atoms with Crippen LogP contribution in [0.1, 0.15) is 20.3 Å². The average Bonchev–Trinajstić information content (AvgIpc) is 2.46. The van der Waals surface area contributed by atoms with Crippen LogP contribution in [0.25, 0.3) is 0 Å². The molecule has 0 radical (unpaired) electrons. The molecule has 14 heavy (non-hydrogen) atoms. The normalized spacial score (nSPS) is 63.5. The molecule has 5 atom stereocenters. The Morgan fingerprint density at radius 1 is 1.43 bits per heavy atom. The van der Waals surface area contributed by atoms with Crippen LogP contribution in [0.5, 0.6) is 0 Å². The van der Waals surface area contributed by atoms with Gasteiger partial charge in [0.05, 0.1) is 5.60 Å². The van der Waals surface area contributed by atoms with Crippen molar-refractivity contribution in [3.05, 3.63) is 0 Å². The first-order valence-corrected chi connectivity index (χ1v) is 6.07. The van der Waals surface area contributed by atoms with Gasteiger partial charge < -0.3 is 9.84 Å². The predicted octanol–water partition coefficient (Wildman–Crippen LogP) is -0.604. The van der Waals surface area contributed by atoms with Gasteiger partial charge in [0.15, 0.2) is 0 Å². The molecule has 6 heteroatoms. The monoisotopic (exact) mass is 220 g/mol. The molecule has 0 saturated carbocycles. The van der Waals surface area contributed by atoms with Gasteiger partial charge in [0.1, 0.15) is 23.1 Å². The van der Waals surface area contributed by atoms with E-state index < -0.39 is 38.8 Å². The van der Waals surface area contributed by atoms with E-state index >= 15 is 0 Å². The van der Waals surface area contributed by atoms with Crippen molar-refractivity contribution in [1.29, 1.82) is 0 Å². The Kier molecular flexibility index (Phi) is 1.31. The molecule has 3 heterocycles. The zero-order valence-electron chi connectivity index (χ0n) is 7.93. The SMILES string of the molecule is CC12CC3C(C)(O1)C(OS3(=O)=O)C2O. The van der Waals surface area contributed by atoms with Crippen molar-refractivity contribution in [1.82, 2.24) is 0 Å². The van der Waals surface area contributed by atoms with Crippen molar-refractivity contribution < 1.29 is 22.4 Å². The number of hydrogen-bond donors (Lipinski definition) is 1. The minimum absolute atomic E-state index is 0.323. The van der Waals surface area contributed by atoms with Crippen molar-refractivity contribution in [2.75, 3.05) is 0 Å². The zero-order chi connectivity index (χ0) is 10.4. The molecule has 0 amide bonds. The highest BCUT2D eigenvalue weighted by atomic mass is 32.2. The van der Waals surface area contributed by atoms with Gasteiger partial charge in [0.25, 0.3) is 10.1 Å². The van der Waals surface area contributed by atoms with E-state index in [1.165, 1.54) is 0 Å². The lowest BCUT2D eigenvalue weighted by Crippen LogP contribution is -2.49. The molecule has 0 spiro atoms. The van der Waals surface area contributed by atoms with E-state index in [1.807, 2.05) is 0 Å². The number of fused-ring (bicyclic) bond motifs is 1. The second-order valence-corrected chi connectivity index (χ2v) is 6.49. The van der Waals surface area contributed by atoms with Gasteiger partial charge in [-0.3, -0.25) is 4.18 Å². The molecule has 0 aromatic heterocycles. The van der Waals surface area contributed by atoms with Crippen LogP contribution in [-0.4, -0.2) is 42.2 Å². The van der Waals surface area contributed by atoms with Crippen LogP contribution in [0, 0.1) is 0 Å². The zero-order valence-corrected chi connectivity index (χ0v) is 8.74. The molecule has 5 nitrogen and oxygen atoms in total. The topological polar surface area (TPSA) is 72.8 Å². The van der Waals surface area contributed by atoms with Crippen LogP contribution < -0.4 is 0 Å². The number of aliphatic hydroxyl groups excluding tert-OH is 1. The van der Waals surface area contributed by atoms with E-state index in [1.54, 1.807) is 13.8 Å². The summed E-state index contributed by atoms with van der Waals surface area (Å²) < 4.78 is 33.7. The van der Waals surface area contributed by atoms with E-state index in [0.717, 1.165) is 0 Å². The maximum Gasteiger partial charge on any atom is 0.273 e. The Morgan fingerprint density at radius 2 is 2.07 bits per heavy atom. The van der Waals surface area contributed by atoms with Crippen molar-refractivity contribution in [3.63, 3.8) is 0 Å². The maximum absolute atomic E-state index is 11.6. The summed E-state index contributed by atoms with van der Waals surface area (Å²) in [5, 5.41) is 9.23. The molecule has 0 aromatic rings. The maximum atomic E-state index is 11.6. The Bertz CT molecular complexity index is 404. The highest BCUT2D eigenvalue weighted by molar-refractivity contribution is 7.87. The molecule has 3 fully saturated rings. The summed E-state index contributed by atoms with van der Waals surface area (Å²) >= 11 is 0. The summed E-state index contributed by atoms with van der Waals surface area (Å²) in [7, 11) is -3.55. The molecular formula is C8H12O5S. The third-order valence-corrected chi connectivity index (χ3v) is 5.55. The lowest BCUT2D eigenvalue weighted by molar-refractivity contribution is -0.0565. The van der Waals surface area contributed by atoms with Crippen LogP contribution >= 0.6 is 0 Å². The quantitative estimate of drug-likeness (QED) is 0.552. The molecule has 3 saturated heterocycles. The second kappa shape index (κ2) is 2.02. The molecule has 3 rings (SSSR count). The third kappa shape index (κ3) is 0.722. The summed E-state index contributed by atoms with van der Waals surface area (Å²) in [5.41, 5.74) is -1.61. The van der Waals surface area contributed by atoms with Crippen LogP contribution in [0.3, 0.4) is 0 Å². The Hall–Kier alpha value is -0.170. The van der Waals surface area contributed by atoms with E-state index in [4.69, 9.17) is 8.92 Å². The highest BCUT2D eigenvalue weighted by Gasteiger charge is 2.76. The molecule has 3 aliphatic heterocycles. The van der Waals surface area contributed by atoms with Gasteiger partial charge in [-0.1, -0.05) is 0 Å². The molecule has 1 N–H and O–H groups in total. The van der Waals surface area contributed by atoms with Crippen LogP contribution in [0.15, 0.2) is 0 Å². The first kappa shape index (κ1) is 9.08. The molecule has 5 unspecified atom stereocenters. The summed E-state index contributed by atoms with van der Waals surface area (Å²) in [6.07, 6.45) is -1.25. The number of hydrogen-bond acceptors (Lipinski definition) is 5. The minimum Gasteiger partial charge on any atom is -0.387 e. The van der Waals surface area contributed by atoms with Gasteiger partial charge in [0.2, 0.25) is 0 Å². The fraction of sp³-hybridized carbons (Fsp3) is 1.00. The van der Waals surface area contributed by atoms with Crippen LogP contribution in [-0.2, 0) is 19.0 Å². The van der Waals surface area contributed by atoms with Crippen LogP contribution in [0.2, 0.25) is 0 Å². The number of aliphatic hydroxyl groups is 1. The number of ether oxygens (including phenoxy) is 1. The summed E-state index contributed by atoms with van der Waals surface area (Å²) in [5.74, 6) is 0. The minimum atomic E-state index is -3.55. The average molecular weight is 220 g/mol. The fourth-order valence-electron chi connectivity index (χ4n) is 2.99. The van der Waals surface area contributed by atoms with Crippen molar-refractivity contribution in [2.45, 2.75) is 48.9 Å². The van der Waals surface area contributed by atoms with Crippen LogP contribution in [0.4, 0.5) is 0 Å². The van der Waals surface area contributed by atoms with Gasteiger partial charge in [0, 0.05) is 6.42 Å². The first-order chi connectivity index (χ1) is 6.30. The fourth-order valence-corrected chi connectivity index (χ4v) is 4.99. The smallest absolute Gasteiger partial charge is 0.273 e. The van der Waals surface area contributed by atoms with Gasteiger partial charge >= 0.3 is 0 Å². The van der Waals surface area contributed by atoms with E-state index in [2.05, 4.69) is 0 Å². The summed E-state index contributed by atoms with van der Waals surface area (Å²) in [6, 6.07) is 0. The molecule has 80 valence electrons. The van der Waals surface area contributed by atoms with Crippen molar-refractivity contribution >= 4 is 10.1 Å². The van der Waals surface area contributed by atoms with Gasteiger partial charge in [-0.2, -0.15) is 8.42 Å². The summed E-state index contributed by atoms with van der Waals surface area (Å²) in [4.78, 5) is 0. The number of rotatable bonds is 0. The Morgan fingerprint density at radius 3 is 2.57 bits per heavy atom. The standard InChI is InChI=1S/C8H12O5S/c1-7-3-4-8(2,13-7)6(5(7)9)12-14(4,10)11/h4-6,9H,3H2,1-2H3. The molecular weight excluding hydrogens is 208 g/mol. The van der Waals surface area contributed by atoms with Crippen molar-refractivity contribution in [3.8, 4) is 0 Å². The van der Waals surface area contributed by atoms with Gasteiger partial charge in [-0.15, -0.1) is 0 Å². The lowest BCUT2D eigenvalue weighted by Gasteiger charge is -2.26. The Labute approximate surface area is 82.1 Å². The first-order valence-electron chi connectivity index (χ1n) is 4.60.